The van der Waals surface area contributed by atoms with Crippen molar-refractivity contribution in [1.29, 1.82) is 0 Å². The molecular weight excluding hydrogens is 1510 g/mol. The summed E-state index contributed by atoms with van der Waals surface area (Å²) in [5, 5.41) is 44.0. The van der Waals surface area contributed by atoms with Crippen LogP contribution in [0.4, 0.5) is 0 Å². The number of Topliss-reactive ketones (excluding diaryl/α,β-unsaturated/α-hetero) is 3. The highest BCUT2D eigenvalue weighted by atomic mass is 16.6. The molecule has 0 heterocycles. The summed E-state index contributed by atoms with van der Waals surface area (Å²) in [5.74, 6) is -7.85. The van der Waals surface area contributed by atoms with Gasteiger partial charge in [-0.25, -0.2) is 0 Å². The van der Waals surface area contributed by atoms with Gasteiger partial charge in [-0.05, 0) is 114 Å². The minimum Gasteiger partial charge on any atom is -0.490 e. The molecule has 3 aromatic carbocycles. The summed E-state index contributed by atoms with van der Waals surface area (Å²) in [6, 6.07) is 18.3. The van der Waals surface area contributed by atoms with E-state index in [1.165, 1.54) is 85.1 Å². The largest absolute Gasteiger partial charge is 0.490 e. The average molecular weight is 1620 g/mol. The average Bonchev–Trinajstić information content (AvgIpc) is 0.860. The zero-order valence-electron chi connectivity index (χ0n) is 65.7. The maximum Gasteiger partial charge on any atom is 0.315 e. The third-order valence-corrected chi connectivity index (χ3v) is 13.8. The number of ether oxygens (including phenoxy) is 15. The van der Waals surface area contributed by atoms with Crippen LogP contribution in [0.3, 0.4) is 0 Å². The van der Waals surface area contributed by atoms with Crippen LogP contribution in [0.5, 0.6) is 17.2 Å². The number of hydrogen-bond donors (Lipinski definition) is 9. The van der Waals surface area contributed by atoms with Gasteiger partial charge in [-0.2, -0.15) is 0 Å². The van der Waals surface area contributed by atoms with Crippen LogP contribution in [0.25, 0.3) is 0 Å². The van der Waals surface area contributed by atoms with Crippen LogP contribution in [-0.4, -0.2) is 300 Å². The van der Waals surface area contributed by atoms with Gasteiger partial charge >= 0.3 is 35.8 Å². The molecule has 0 radical (unpaired) electrons. The maximum atomic E-state index is 12.0. The number of amides is 6. The van der Waals surface area contributed by atoms with E-state index in [1.807, 2.05) is 0 Å². The fraction of sp³-hybridized carbons (Fsp3) is 0.560. The number of hydrogen-bond acceptors (Lipinski definition) is 33. The van der Waals surface area contributed by atoms with Crippen molar-refractivity contribution in [3.05, 3.63) is 89.5 Å². The van der Waals surface area contributed by atoms with E-state index >= 15 is 0 Å². The first-order chi connectivity index (χ1) is 54.1. The van der Waals surface area contributed by atoms with E-state index in [1.54, 1.807) is 50.6 Å². The molecule has 6 amide bonds. The first kappa shape index (κ1) is 101. The number of rotatable bonds is 57. The molecule has 0 spiro atoms. The lowest BCUT2D eigenvalue weighted by Crippen LogP contribution is -2.36. The molecule has 0 aliphatic rings. The van der Waals surface area contributed by atoms with Crippen molar-refractivity contribution in [2.75, 3.05) is 180 Å². The standard InChI is InChI=1S/C32H40N2O12.C25H36N2O11.C18H32N2O10/c1-31(2,41)29(39)21-5-9-23(10-6-21)43-15-17-45-27(37)19-25(35)33-13-14-34-26(36)20-28(38)46-18-16-44-24-11-7-22(8-12-24)30(40)32(3,4)42;1-25(2,33)24(32)18-4-6-19(7-5-18)36-14-15-38-23(31)17-21(29)27-9-8-26-20(28)16-22(30)37-13-12-35-11-10-34-3;1-25-5-7-27-9-11-29-17(23)13-15(21)19-3-4-20-16(22)14-18(24)30-12-10-28-8-6-26-2/h5-12,41-42H,13-20H2,1-4H3,(H,33,35)(H,34,36);4-7,33H,8-17H2,1-3H3,(H,26,28)(H,27,29);3-14H2,1-2H3,(H,19,21)(H,20,22). The van der Waals surface area contributed by atoms with E-state index in [-0.39, 0.29) is 119 Å². The second-order valence-electron chi connectivity index (χ2n) is 25.1. The van der Waals surface area contributed by atoms with Gasteiger partial charge in [-0.1, -0.05) is 0 Å². The Kier molecular flexibility index (Phi) is 52.6. The van der Waals surface area contributed by atoms with E-state index in [0.717, 1.165) is 0 Å². The van der Waals surface area contributed by atoms with Crippen molar-refractivity contribution in [2.45, 2.75) is 96.9 Å². The monoisotopic (exact) mass is 1620 g/mol. The first-order valence-electron chi connectivity index (χ1n) is 35.8. The Balaban J connectivity index is 0.000000876. The topological polar surface area (TPSA) is 527 Å². The molecule has 0 aliphatic carbocycles. The molecule has 636 valence electrons. The Morgan fingerprint density at radius 2 is 0.421 bits per heavy atom. The number of esters is 6. The number of carbonyl (C=O) groups is 15. The Morgan fingerprint density at radius 3 is 0.588 bits per heavy atom. The highest BCUT2D eigenvalue weighted by Crippen LogP contribution is 2.20. The highest BCUT2D eigenvalue weighted by molar-refractivity contribution is 6.03. The van der Waals surface area contributed by atoms with Gasteiger partial charge in [0.15, 0.2) is 17.3 Å². The number of carbonyl (C=O) groups excluding carboxylic acids is 15. The molecule has 39 nitrogen and oxygen atoms in total. The maximum absolute atomic E-state index is 12.0. The van der Waals surface area contributed by atoms with Gasteiger partial charge in [0.2, 0.25) is 35.4 Å². The molecule has 9 N–H and O–H groups in total. The molecule has 0 aromatic heterocycles. The SMILES string of the molecule is CC(C)(O)C(=O)c1ccc(OCCOC(=O)CC(=O)NCCNC(=O)CC(=O)OCCOc2ccc(C(=O)C(C)(C)O)cc2)cc1.COCCOCCOC(=O)CC(=O)NCCNC(=O)CC(=O)OCCOCCOC.COCCOCCOC(=O)CC(=O)NCCNC(=O)CC(=O)OCCOc1ccc(C(=O)C(C)(C)O)cc1. The minimum atomic E-state index is -1.49. The summed E-state index contributed by atoms with van der Waals surface area (Å²) in [6.45, 7) is 11.6. The van der Waals surface area contributed by atoms with Gasteiger partial charge < -0.3 is 118 Å². The van der Waals surface area contributed by atoms with Crippen LogP contribution in [0.15, 0.2) is 72.8 Å². The number of nitrogens with one attached hydrogen (secondary N) is 6. The van der Waals surface area contributed by atoms with Gasteiger partial charge in [-0.15, -0.1) is 0 Å². The van der Waals surface area contributed by atoms with Crippen LogP contribution < -0.4 is 46.1 Å². The van der Waals surface area contributed by atoms with Gasteiger partial charge in [-0.3, -0.25) is 71.9 Å². The summed E-state index contributed by atoms with van der Waals surface area (Å²) in [4.78, 5) is 177. The highest BCUT2D eigenvalue weighted by Gasteiger charge is 2.28. The van der Waals surface area contributed by atoms with Gasteiger partial charge in [0.25, 0.3) is 0 Å². The summed E-state index contributed by atoms with van der Waals surface area (Å²) < 4.78 is 75.4. The second-order valence-corrected chi connectivity index (χ2v) is 25.1. The van der Waals surface area contributed by atoms with Gasteiger partial charge in [0.05, 0.1) is 59.5 Å². The number of ketones is 3. The quantitative estimate of drug-likeness (QED) is 0.0111. The van der Waals surface area contributed by atoms with E-state index in [2.05, 4.69) is 31.9 Å². The third kappa shape index (κ3) is 52.6. The van der Waals surface area contributed by atoms with Crippen LogP contribution in [0.1, 0.15) is 111 Å². The van der Waals surface area contributed by atoms with Crippen molar-refractivity contribution in [2.24, 2.45) is 0 Å². The molecule has 3 aromatic rings. The summed E-state index contributed by atoms with van der Waals surface area (Å²) in [6.07, 6.45) is -2.95. The molecule has 3 rings (SSSR count). The van der Waals surface area contributed by atoms with Crippen LogP contribution in [0.2, 0.25) is 0 Å². The lowest BCUT2D eigenvalue weighted by molar-refractivity contribution is -0.149. The van der Waals surface area contributed by atoms with Crippen LogP contribution in [0, 0.1) is 0 Å². The van der Waals surface area contributed by atoms with Crippen molar-refractivity contribution in [1.82, 2.24) is 31.9 Å². The Morgan fingerprint density at radius 1 is 0.254 bits per heavy atom. The molecule has 0 bridgehead atoms. The van der Waals surface area contributed by atoms with E-state index in [9.17, 15) is 87.2 Å². The van der Waals surface area contributed by atoms with Crippen molar-refractivity contribution in [3.63, 3.8) is 0 Å². The summed E-state index contributed by atoms with van der Waals surface area (Å²) in [7, 11) is 4.63. The fourth-order valence-corrected chi connectivity index (χ4v) is 8.17. The number of aliphatic hydroxyl groups is 3. The third-order valence-electron chi connectivity index (χ3n) is 13.8. The Hall–Kier alpha value is -10.7. The predicted octanol–water partition coefficient (Wildman–Crippen LogP) is -0.657. The minimum absolute atomic E-state index is 0.00937. The van der Waals surface area contributed by atoms with Gasteiger partial charge in [0, 0.05) is 77.3 Å². The molecule has 0 saturated heterocycles. The normalized spacial score (nSPS) is 10.8. The smallest absolute Gasteiger partial charge is 0.315 e. The number of methoxy groups -OCH3 is 3. The lowest BCUT2D eigenvalue weighted by atomic mass is 9.97. The molecule has 0 fully saturated rings. The van der Waals surface area contributed by atoms with Gasteiger partial charge in [0.1, 0.15) is 132 Å². The summed E-state index contributed by atoms with van der Waals surface area (Å²) in [5.41, 5.74) is -3.49. The van der Waals surface area contributed by atoms with Crippen LogP contribution in [-0.2, 0) is 114 Å². The fourth-order valence-electron chi connectivity index (χ4n) is 8.17. The summed E-state index contributed by atoms with van der Waals surface area (Å²) >= 11 is 0. The molecule has 39 heteroatoms. The lowest BCUT2D eigenvalue weighted by Gasteiger charge is -2.15. The first-order valence-corrected chi connectivity index (χ1v) is 35.8. The zero-order valence-corrected chi connectivity index (χ0v) is 65.7. The molecule has 0 aliphatic heterocycles. The van der Waals surface area contributed by atoms with E-state index in [4.69, 9.17) is 71.1 Å². The molecule has 0 unspecified atom stereocenters. The molecule has 0 atom stereocenters. The van der Waals surface area contributed by atoms with Crippen molar-refractivity contribution < 1.29 is 158 Å². The second kappa shape index (κ2) is 59.1. The van der Waals surface area contributed by atoms with E-state index in [0.29, 0.717) is 73.6 Å². The number of benzene rings is 3. The zero-order chi connectivity index (χ0) is 85.2. The molecule has 0 saturated carbocycles. The van der Waals surface area contributed by atoms with Crippen molar-refractivity contribution >= 4 is 88.6 Å². The van der Waals surface area contributed by atoms with Crippen molar-refractivity contribution in [3.8, 4) is 17.2 Å². The molecule has 114 heavy (non-hydrogen) atoms. The van der Waals surface area contributed by atoms with Crippen LogP contribution >= 0.6 is 0 Å². The Bertz CT molecular complexity index is 3290. The molecular formula is C75H108N6O33. The predicted molar refractivity (Wildman–Crippen MR) is 397 cm³/mol. The Labute approximate surface area is 659 Å². The van der Waals surface area contributed by atoms with E-state index < -0.39 is 144 Å².